The van der Waals surface area contributed by atoms with Gasteiger partial charge in [-0.25, -0.2) is 0 Å². The highest BCUT2D eigenvalue weighted by Gasteiger charge is 2.12. The number of rotatable bonds is 3. The van der Waals surface area contributed by atoms with E-state index in [1.54, 1.807) is 0 Å². The fourth-order valence-electron chi connectivity index (χ4n) is 2.22. The predicted molar refractivity (Wildman–Crippen MR) is 112 cm³/mol. The van der Waals surface area contributed by atoms with Gasteiger partial charge in [-0.2, -0.15) is 0 Å². The third-order valence-corrected chi connectivity index (χ3v) is 4.94. The van der Waals surface area contributed by atoms with Gasteiger partial charge in [0.05, 0.1) is 0 Å². The molecule has 4 heteroatoms. The van der Waals surface area contributed by atoms with Crippen molar-refractivity contribution in [2.45, 2.75) is 0 Å². The van der Waals surface area contributed by atoms with Gasteiger partial charge in [-0.05, 0) is 118 Å². The fourth-order valence-corrected chi connectivity index (χ4v) is 3.06. The van der Waals surface area contributed by atoms with Crippen LogP contribution in [0.1, 0.15) is 0 Å². The third kappa shape index (κ3) is 3.75. The lowest BCUT2D eigenvalue weighted by Gasteiger charge is -2.25. The Morgan fingerprint density at radius 2 is 0.864 bits per heavy atom. The first kappa shape index (κ1) is 16.1. The average molecular weight is 532 g/mol. The summed E-state index contributed by atoms with van der Waals surface area (Å²) in [6, 6.07) is 24.9. The molecule has 3 rings (SSSR count). The molecule has 0 aliphatic carbocycles. The highest BCUT2D eigenvalue weighted by molar-refractivity contribution is 14.1. The molecule has 0 atom stereocenters. The van der Waals surface area contributed by atoms with Gasteiger partial charge >= 0.3 is 0 Å². The topological polar surface area (TPSA) is 3.24 Å². The molecule has 0 bridgehead atoms. The van der Waals surface area contributed by atoms with Gasteiger partial charge in [-0.3, -0.25) is 0 Å². The van der Waals surface area contributed by atoms with Crippen LogP contribution in [0.5, 0.6) is 0 Å². The molecule has 3 aromatic carbocycles. The number of anilines is 3. The first-order chi connectivity index (χ1) is 10.6. The zero-order valence-corrected chi connectivity index (χ0v) is 16.6. The number of hydrogen-bond acceptors (Lipinski definition) is 1. The molecule has 0 aliphatic rings. The summed E-state index contributed by atoms with van der Waals surface area (Å²) in [5.74, 6) is 0. The summed E-state index contributed by atoms with van der Waals surface area (Å²) >= 11 is 10.7. The SMILES string of the molecule is Clc1ccc(N(c2ccc(I)cc2)c2ccc(I)cc2)cc1. The maximum Gasteiger partial charge on any atom is 0.0462 e. The van der Waals surface area contributed by atoms with Crippen molar-refractivity contribution in [3.63, 3.8) is 0 Å². The first-order valence-corrected chi connectivity index (χ1v) is 9.24. The maximum absolute atomic E-state index is 6.03. The Balaban J connectivity index is 2.10. The molecule has 0 N–H and O–H groups in total. The zero-order chi connectivity index (χ0) is 15.5. The molecule has 1 nitrogen and oxygen atoms in total. The molecule has 0 heterocycles. The standard InChI is InChI=1S/C18H12ClI2N/c19-13-1-7-16(8-2-13)22(17-9-3-14(20)4-10-17)18-11-5-15(21)6-12-18/h1-12H. The van der Waals surface area contributed by atoms with Crippen molar-refractivity contribution >= 4 is 73.8 Å². The molecule has 0 fully saturated rings. The van der Waals surface area contributed by atoms with E-state index < -0.39 is 0 Å². The van der Waals surface area contributed by atoms with Crippen LogP contribution in [0, 0.1) is 7.14 Å². The smallest absolute Gasteiger partial charge is 0.0462 e. The second-order valence-electron chi connectivity index (χ2n) is 4.76. The van der Waals surface area contributed by atoms with Crippen LogP contribution in [0.2, 0.25) is 5.02 Å². The average Bonchev–Trinajstić information content (AvgIpc) is 2.53. The molecule has 0 unspecified atom stereocenters. The highest BCUT2D eigenvalue weighted by atomic mass is 127. The van der Waals surface area contributed by atoms with E-state index in [9.17, 15) is 0 Å². The van der Waals surface area contributed by atoms with Crippen LogP contribution in [-0.4, -0.2) is 0 Å². The van der Waals surface area contributed by atoms with Gasteiger partial charge in [0.2, 0.25) is 0 Å². The summed E-state index contributed by atoms with van der Waals surface area (Å²) in [7, 11) is 0. The molecule has 0 aliphatic heterocycles. The Hall–Kier alpha value is -0.790. The van der Waals surface area contributed by atoms with Crippen molar-refractivity contribution in [1.82, 2.24) is 0 Å². The number of nitrogens with zero attached hydrogens (tertiary/aromatic N) is 1. The second-order valence-corrected chi connectivity index (χ2v) is 7.69. The minimum atomic E-state index is 0.744. The summed E-state index contributed by atoms with van der Waals surface area (Å²) in [5, 5.41) is 0.744. The quantitative estimate of drug-likeness (QED) is 0.329. The van der Waals surface area contributed by atoms with Crippen LogP contribution in [0.3, 0.4) is 0 Å². The zero-order valence-electron chi connectivity index (χ0n) is 11.5. The van der Waals surface area contributed by atoms with Crippen molar-refractivity contribution in [3.8, 4) is 0 Å². The lowest BCUT2D eigenvalue weighted by molar-refractivity contribution is 1.28. The van der Waals surface area contributed by atoms with Gasteiger partial charge in [0.25, 0.3) is 0 Å². The summed E-state index contributed by atoms with van der Waals surface area (Å²) in [4.78, 5) is 2.22. The highest BCUT2D eigenvalue weighted by Crippen LogP contribution is 2.35. The number of halogens is 3. The minimum Gasteiger partial charge on any atom is -0.311 e. The van der Waals surface area contributed by atoms with E-state index in [1.807, 2.05) is 24.3 Å². The lowest BCUT2D eigenvalue weighted by atomic mass is 10.2. The molecule has 0 saturated carbocycles. The summed E-state index contributed by atoms with van der Waals surface area (Å²) in [6.07, 6.45) is 0. The predicted octanol–water partition coefficient (Wildman–Crippen LogP) is 7.02. The summed E-state index contributed by atoms with van der Waals surface area (Å²) in [5.41, 5.74) is 3.35. The largest absolute Gasteiger partial charge is 0.311 e. The normalized spacial score (nSPS) is 10.5. The van der Waals surface area contributed by atoms with E-state index in [1.165, 1.54) is 7.14 Å². The van der Waals surface area contributed by atoms with Gasteiger partial charge in [0, 0.05) is 29.2 Å². The summed E-state index contributed by atoms with van der Waals surface area (Å²) < 4.78 is 2.44. The van der Waals surface area contributed by atoms with E-state index in [0.717, 1.165) is 22.1 Å². The first-order valence-electron chi connectivity index (χ1n) is 6.70. The van der Waals surface area contributed by atoms with Gasteiger partial charge in [-0.1, -0.05) is 11.6 Å². The van der Waals surface area contributed by atoms with Crippen LogP contribution >= 0.6 is 56.8 Å². The molecule has 0 saturated heterocycles. The van der Waals surface area contributed by atoms with Crippen LogP contribution in [0.25, 0.3) is 0 Å². The minimum absolute atomic E-state index is 0.744. The molecule has 0 radical (unpaired) electrons. The fraction of sp³-hybridized carbons (Fsp3) is 0. The van der Waals surface area contributed by atoms with E-state index in [4.69, 9.17) is 11.6 Å². The number of hydrogen-bond donors (Lipinski definition) is 0. The Bertz CT molecular complexity index is 644. The molecule has 22 heavy (non-hydrogen) atoms. The molecular weight excluding hydrogens is 519 g/mol. The van der Waals surface area contributed by atoms with Crippen LogP contribution in [0.4, 0.5) is 17.1 Å². The number of benzene rings is 3. The van der Waals surface area contributed by atoms with Gasteiger partial charge in [0.15, 0.2) is 0 Å². The van der Waals surface area contributed by atoms with Crippen molar-refractivity contribution in [1.29, 1.82) is 0 Å². The Morgan fingerprint density at radius 1 is 0.545 bits per heavy atom. The molecule has 0 aromatic heterocycles. The van der Waals surface area contributed by atoms with Crippen molar-refractivity contribution in [2.75, 3.05) is 4.90 Å². The molecule has 3 aromatic rings. The molecule has 0 spiro atoms. The van der Waals surface area contributed by atoms with Crippen LogP contribution in [0.15, 0.2) is 72.8 Å². The third-order valence-electron chi connectivity index (χ3n) is 3.25. The lowest BCUT2D eigenvalue weighted by Crippen LogP contribution is -2.09. The molecular formula is C18H12ClI2N. The van der Waals surface area contributed by atoms with Crippen molar-refractivity contribution in [3.05, 3.63) is 85.0 Å². The van der Waals surface area contributed by atoms with Crippen molar-refractivity contribution in [2.24, 2.45) is 0 Å². The Kier molecular flexibility index (Phi) is 5.25. The van der Waals surface area contributed by atoms with E-state index in [2.05, 4.69) is 98.6 Å². The van der Waals surface area contributed by atoms with Gasteiger partial charge in [0.1, 0.15) is 0 Å². The van der Waals surface area contributed by atoms with Crippen LogP contribution in [-0.2, 0) is 0 Å². The second kappa shape index (κ2) is 7.19. The van der Waals surface area contributed by atoms with E-state index >= 15 is 0 Å². The molecule has 0 amide bonds. The Labute approximate surface area is 162 Å². The Morgan fingerprint density at radius 3 is 1.23 bits per heavy atom. The van der Waals surface area contributed by atoms with E-state index in [-0.39, 0.29) is 0 Å². The van der Waals surface area contributed by atoms with E-state index in [0.29, 0.717) is 0 Å². The van der Waals surface area contributed by atoms with Crippen LogP contribution < -0.4 is 4.90 Å². The van der Waals surface area contributed by atoms with Crippen molar-refractivity contribution < 1.29 is 0 Å². The molecule has 110 valence electrons. The van der Waals surface area contributed by atoms with Gasteiger partial charge < -0.3 is 4.90 Å². The summed E-state index contributed by atoms with van der Waals surface area (Å²) in [6.45, 7) is 0. The monoisotopic (exact) mass is 531 g/mol. The van der Waals surface area contributed by atoms with Gasteiger partial charge in [-0.15, -0.1) is 0 Å². The maximum atomic E-state index is 6.03.